The number of amides is 2. The normalized spacial score (nSPS) is 14.4. The van der Waals surface area contributed by atoms with Crippen molar-refractivity contribution in [3.8, 4) is 5.75 Å². The van der Waals surface area contributed by atoms with Gasteiger partial charge in [-0.2, -0.15) is 0 Å². The Morgan fingerprint density at radius 3 is 2.29 bits per heavy atom. The highest BCUT2D eigenvalue weighted by Crippen LogP contribution is 2.46. The van der Waals surface area contributed by atoms with Gasteiger partial charge in [-0.15, -0.1) is 0 Å². The number of ether oxygens (including phenoxy) is 1. The highest BCUT2D eigenvalue weighted by molar-refractivity contribution is 6.13. The second-order valence-corrected chi connectivity index (χ2v) is 7.57. The molecule has 2 amide bonds. The molecule has 1 fully saturated rings. The molecule has 0 radical (unpaired) electrons. The molecule has 148 valence electrons. The number of carbonyl (C=O) groups excluding carboxylic acids is 2. The predicted molar refractivity (Wildman–Crippen MR) is 110 cm³/mol. The van der Waals surface area contributed by atoms with E-state index in [1.165, 1.54) is 5.56 Å². The number of aryl methyl sites for hydroxylation is 1. The molecule has 0 heterocycles. The summed E-state index contributed by atoms with van der Waals surface area (Å²) in [5, 5.41) is 5.80. The topological polar surface area (TPSA) is 67.4 Å². The quantitative estimate of drug-likeness (QED) is 0.511. The van der Waals surface area contributed by atoms with E-state index in [2.05, 4.69) is 22.8 Å². The maximum absolute atomic E-state index is 12.7. The van der Waals surface area contributed by atoms with Gasteiger partial charge in [-0.25, -0.2) is 0 Å². The van der Waals surface area contributed by atoms with E-state index in [9.17, 15) is 9.59 Å². The lowest BCUT2D eigenvalue weighted by molar-refractivity contribution is -0.134. The fourth-order valence-electron chi connectivity index (χ4n) is 3.13. The van der Waals surface area contributed by atoms with Gasteiger partial charge in [0.05, 0.1) is 6.10 Å². The van der Waals surface area contributed by atoms with E-state index < -0.39 is 5.41 Å². The van der Waals surface area contributed by atoms with Crippen molar-refractivity contribution >= 4 is 17.5 Å². The van der Waals surface area contributed by atoms with Gasteiger partial charge in [-0.3, -0.25) is 9.59 Å². The molecule has 28 heavy (non-hydrogen) atoms. The van der Waals surface area contributed by atoms with Crippen molar-refractivity contribution in [1.29, 1.82) is 0 Å². The number of carbonyl (C=O) groups is 2. The van der Waals surface area contributed by atoms with Crippen LogP contribution in [0.3, 0.4) is 0 Å². The van der Waals surface area contributed by atoms with Crippen molar-refractivity contribution in [3.63, 3.8) is 0 Å². The monoisotopic (exact) mass is 380 g/mol. The predicted octanol–water partition coefficient (Wildman–Crippen LogP) is 3.94. The zero-order valence-electron chi connectivity index (χ0n) is 16.5. The first-order chi connectivity index (χ1) is 13.5. The van der Waals surface area contributed by atoms with E-state index in [0.717, 1.165) is 18.6 Å². The zero-order valence-corrected chi connectivity index (χ0v) is 16.5. The molecule has 1 aliphatic carbocycles. The summed E-state index contributed by atoms with van der Waals surface area (Å²) in [4.78, 5) is 25.2. The van der Waals surface area contributed by atoms with E-state index in [0.29, 0.717) is 25.1 Å². The van der Waals surface area contributed by atoms with Crippen LogP contribution in [0.5, 0.6) is 5.75 Å². The minimum Gasteiger partial charge on any atom is -0.491 e. The van der Waals surface area contributed by atoms with Crippen molar-refractivity contribution < 1.29 is 14.3 Å². The van der Waals surface area contributed by atoms with Gasteiger partial charge in [-0.1, -0.05) is 30.3 Å². The molecule has 0 unspecified atom stereocenters. The molecule has 3 rings (SSSR count). The third-order valence-electron chi connectivity index (χ3n) is 4.87. The average Bonchev–Trinajstić information content (AvgIpc) is 3.49. The van der Waals surface area contributed by atoms with Crippen LogP contribution in [0, 0.1) is 5.41 Å². The minimum atomic E-state index is -0.917. The van der Waals surface area contributed by atoms with Crippen molar-refractivity contribution in [2.24, 2.45) is 5.41 Å². The fraction of sp³-hybridized carbons (Fsp3) is 0.391. The number of hydrogen-bond donors (Lipinski definition) is 2. The van der Waals surface area contributed by atoms with Crippen LogP contribution in [-0.2, 0) is 16.0 Å². The second kappa shape index (κ2) is 8.91. The third-order valence-corrected chi connectivity index (χ3v) is 4.87. The zero-order chi connectivity index (χ0) is 20.0. The van der Waals surface area contributed by atoms with Crippen LogP contribution in [0.1, 0.15) is 38.7 Å². The summed E-state index contributed by atoms with van der Waals surface area (Å²) >= 11 is 0. The Hall–Kier alpha value is -2.82. The van der Waals surface area contributed by atoms with Gasteiger partial charge in [0.1, 0.15) is 11.2 Å². The minimum absolute atomic E-state index is 0.0979. The lowest BCUT2D eigenvalue weighted by Crippen LogP contribution is -2.40. The Morgan fingerprint density at radius 1 is 1.00 bits per heavy atom. The van der Waals surface area contributed by atoms with Gasteiger partial charge in [-0.05, 0) is 69.4 Å². The van der Waals surface area contributed by atoms with Gasteiger partial charge in [0.15, 0.2) is 0 Å². The van der Waals surface area contributed by atoms with Gasteiger partial charge in [0.25, 0.3) is 0 Å². The maximum atomic E-state index is 12.7. The first kappa shape index (κ1) is 19.9. The number of anilines is 1. The summed E-state index contributed by atoms with van der Waals surface area (Å²) in [6.45, 7) is 4.50. The lowest BCUT2D eigenvalue weighted by Gasteiger charge is -2.16. The molecular weight excluding hydrogens is 352 g/mol. The molecule has 0 atom stereocenters. The molecular formula is C23H28N2O3. The Bertz CT molecular complexity index is 796. The van der Waals surface area contributed by atoms with Crippen LogP contribution in [0.15, 0.2) is 54.6 Å². The van der Waals surface area contributed by atoms with Crippen LogP contribution in [0.4, 0.5) is 5.69 Å². The van der Waals surface area contributed by atoms with E-state index in [1.54, 1.807) is 12.1 Å². The van der Waals surface area contributed by atoms with Crippen LogP contribution in [0.25, 0.3) is 0 Å². The fourth-order valence-corrected chi connectivity index (χ4v) is 3.13. The van der Waals surface area contributed by atoms with E-state index in [4.69, 9.17) is 4.74 Å². The molecule has 2 N–H and O–H groups in total. The average molecular weight is 380 g/mol. The van der Waals surface area contributed by atoms with Crippen molar-refractivity contribution in [2.75, 3.05) is 11.9 Å². The molecule has 2 aromatic carbocycles. The first-order valence-corrected chi connectivity index (χ1v) is 9.90. The molecule has 5 nitrogen and oxygen atoms in total. The van der Waals surface area contributed by atoms with Gasteiger partial charge < -0.3 is 15.4 Å². The summed E-state index contributed by atoms with van der Waals surface area (Å²) in [5.74, 6) is 0.355. The standard InChI is InChI=1S/C23H28N2O3/c1-17(2)28-20-12-10-19(11-13-20)25-22(27)23(14-15-23)21(26)24-16-6-9-18-7-4-3-5-8-18/h3-5,7-8,10-13,17H,6,9,14-16H2,1-2H3,(H,24,26)(H,25,27). The maximum Gasteiger partial charge on any atom is 0.240 e. The van der Waals surface area contributed by atoms with Crippen LogP contribution in [-0.4, -0.2) is 24.5 Å². The van der Waals surface area contributed by atoms with Crippen LogP contribution < -0.4 is 15.4 Å². The summed E-state index contributed by atoms with van der Waals surface area (Å²) in [5.41, 5.74) is 1.00. The Balaban J connectivity index is 1.47. The highest BCUT2D eigenvalue weighted by Gasteiger charge is 2.56. The first-order valence-electron chi connectivity index (χ1n) is 9.90. The summed E-state index contributed by atoms with van der Waals surface area (Å²) < 4.78 is 5.60. The van der Waals surface area contributed by atoms with Crippen molar-refractivity contribution in [1.82, 2.24) is 5.32 Å². The summed E-state index contributed by atoms with van der Waals surface area (Å²) in [6.07, 6.45) is 3.05. The summed E-state index contributed by atoms with van der Waals surface area (Å²) in [6, 6.07) is 17.4. The largest absolute Gasteiger partial charge is 0.491 e. The van der Waals surface area contributed by atoms with E-state index in [-0.39, 0.29) is 17.9 Å². The van der Waals surface area contributed by atoms with Gasteiger partial charge >= 0.3 is 0 Å². The molecule has 1 saturated carbocycles. The molecule has 0 bridgehead atoms. The Morgan fingerprint density at radius 2 is 1.68 bits per heavy atom. The number of benzene rings is 2. The van der Waals surface area contributed by atoms with Crippen molar-refractivity contribution in [3.05, 3.63) is 60.2 Å². The SMILES string of the molecule is CC(C)Oc1ccc(NC(=O)C2(C(=O)NCCCc3ccccc3)CC2)cc1. The Kier molecular flexibility index (Phi) is 6.34. The molecule has 5 heteroatoms. The number of nitrogens with one attached hydrogen (secondary N) is 2. The van der Waals surface area contributed by atoms with Crippen LogP contribution >= 0.6 is 0 Å². The highest BCUT2D eigenvalue weighted by atomic mass is 16.5. The molecule has 0 aliphatic heterocycles. The number of hydrogen-bond acceptors (Lipinski definition) is 3. The van der Waals surface area contributed by atoms with Crippen LogP contribution in [0.2, 0.25) is 0 Å². The smallest absolute Gasteiger partial charge is 0.240 e. The molecule has 2 aromatic rings. The molecule has 0 spiro atoms. The molecule has 0 aromatic heterocycles. The molecule has 0 saturated heterocycles. The van der Waals surface area contributed by atoms with Gasteiger partial charge in [0.2, 0.25) is 11.8 Å². The summed E-state index contributed by atoms with van der Waals surface area (Å²) in [7, 11) is 0. The van der Waals surface area contributed by atoms with E-state index >= 15 is 0 Å². The second-order valence-electron chi connectivity index (χ2n) is 7.57. The molecule has 1 aliphatic rings. The number of rotatable bonds is 9. The Labute approximate surface area is 166 Å². The van der Waals surface area contributed by atoms with Gasteiger partial charge in [0, 0.05) is 12.2 Å². The lowest BCUT2D eigenvalue weighted by atomic mass is 10.0. The van der Waals surface area contributed by atoms with Crippen molar-refractivity contribution in [2.45, 2.75) is 45.6 Å². The third kappa shape index (κ3) is 5.12. The van der Waals surface area contributed by atoms with E-state index in [1.807, 2.05) is 44.2 Å².